The van der Waals surface area contributed by atoms with Gasteiger partial charge in [0.05, 0.1) is 6.61 Å². The van der Waals surface area contributed by atoms with Gasteiger partial charge in [-0.3, -0.25) is 4.90 Å². The third-order valence-electron chi connectivity index (χ3n) is 3.65. The Morgan fingerprint density at radius 2 is 1.48 bits per heavy atom. The van der Waals surface area contributed by atoms with Gasteiger partial charge in [-0.15, -0.1) is 0 Å². The van der Waals surface area contributed by atoms with E-state index in [1.807, 2.05) is 81.4 Å². The molecule has 0 saturated heterocycles. The highest BCUT2D eigenvalue weighted by Gasteiger charge is 2.26. The molecule has 0 bridgehead atoms. The molecule has 0 aliphatic carbocycles. The van der Waals surface area contributed by atoms with Crippen LogP contribution in [0.25, 0.3) is 0 Å². The van der Waals surface area contributed by atoms with Crippen LogP contribution in [0.4, 0.5) is 4.79 Å². The smallest absolute Gasteiger partial charge is 0.412 e. The van der Waals surface area contributed by atoms with E-state index in [1.54, 1.807) is 7.05 Å². The van der Waals surface area contributed by atoms with Gasteiger partial charge in [0, 0.05) is 13.5 Å². The van der Waals surface area contributed by atoms with Crippen LogP contribution in [0.2, 0.25) is 0 Å². The molecule has 0 aromatic heterocycles. The first kappa shape index (κ1) is 19.0. The number of amides is 1. The first-order valence-corrected chi connectivity index (χ1v) is 8.50. The number of carbonyl (C=O) groups is 1. The Bertz CT molecular complexity index is 650. The van der Waals surface area contributed by atoms with Crippen LogP contribution in [-0.2, 0) is 22.5 Å². The largest absolute Gasteiger partial charge is 0.444 e. The lowest BCUT2D eigenvalue weighted by molar-refractivity contribution is -0.0643. The molecule has 2 aromatic rings. The van der Waals surface area contributed by atoms with Crippen LogP contribution < -0.4 is 0 Å². The third-order valence-corrected chi connectivity index (χ3v) is 3.65. The molecule has 25 heavy (non-hydrogen) atoms. The molecule has 1 unspecified atom stereocenters. The minimum absolute atomic E-state index is 0.388. The Labute approximate surface area is 150 Å². The molecule has 0 fully saturated rings. The van der Waals surface area contributed by atoms with Gasteiger partial charge in [0.15, 0.2) is 0 Å². The van der Waals surface area contributed by atoms with Crippen molar-refractivity contribution in [1.82, 2.24) is 4.90 Å². The Kier molecular flexibility index (Phi) is 6.59. The average molecular weight is 341 g/mol. The molecule has 0 N–H and O–H groups in total. The summed E-state index contributed by atoms with van der Waals surface area (Å²) in [6, 6.07) is 19.9. The van der Waals surface area contributed by atoms with Gasteiger partial charge >= 0.3 is 6.09 Å². The topological polar surface area (TPSA) is 38.8 Å². The molecule has 0 aliphatic rings. The molecule has 4 heteroatoms. The van der Waals surface area contributed by atoms with Gasteiger partial charge in [-0.1, -0.05) is 60.7 Å². The molecule has 0 heterocycles. The summed E-state index contributed by atoms with van der Waals surface area (Å²) in [6.07, 6.45) is -0.192. The van der Waals surface area contributed by atoms with Crippen molar-refractivity contribution < 1.29 is 14.3 Å². The van der Waals surface area contributed by atoms with E-state index in [-0.39, 0.29) is 6.09 Å². The van der Waals surface area contributed by atoms with Gasteiger partial charge in [0.1, 0.15) is 11.8 Å². The Hall–Kier alpha value is -2.33. The van der Waals surface area contributed by atoms with Gasteiger partial charge in [-0.05, 0) is 31.9 Å². The number of carbonyl (C=O) groups excluding carboxylic acids is 1. The standard InChI is InChI=1S/C21H27NO3/c1-21(2,3)25-20(23)22(4)19(15-17-11-7-5-8-12-17)24-16-18-13-9-6-10-14-18/h5-14,19H,15-16H2,1-4H3. The van der Waals surface area contributed by atoms with Gasteiger partial charge in [0.2, 0.25) is 0 Å². The highest BCUT2D eigenvalue weighted by atomic mass is 16.6. The Morgan fingerprint density at radius 3 is 2.00 bits per heavy atom. The lowest BCUT2D eigenvalue weighted by Crippen LogP contribution is -2.43. The summed E-state index contributed by atoms with van der Waals surface area (Å²) >= 11 is 0. The van der Waals surface area contributed by atoms with Crippen molar-refractivity contribution in [1.29, 1.82) is 0 Å². The van der Waals surface area contributed by atoms with Crippen LogP contribution >= 0.6 is 0 Å². The molecule has 0 radical (unpaired) electrons. The summed E-state index contributed by atoms with van der Waals surface area (Å²) in [5.41, 5.74) is 1.64. The van der Waals surface area contributed by atoms with E-state index >= 15 is 0 Å². The van der Waals surface area contributed by atoms with Crippen LogP contribution in [0.5, 0.6) is 0 Å². The molecule has 2 rings (SSSR count). The maximum atomic E-state index is 12.4. The Morgan fingerprint density at radius 1 is 0.960 bits per heavy atom. The monoisotopic (exact) mass is 341 g/mol. The van der Waals surface area contributed by atoms with Crippen LogP contribution in [0.3, 0.4) is 0 Å². The zero-order valence-electron chi connectivity index (χ0n) is 15.4. The molecule has 134 valence electrons. The Balaban J connectivity index is 2.08. The molecular formula is C21H27NO3. The zero-order valence-corrected chi connectivity index (χ0v) is 15.4. The normalized spacial score (nSPS) is 12.5. The minimum Gasteiger partial charge on any atom is -0.444 e. The first-order valence-electron chi connectivity index (χ1n) is 8.50. The molecule has 0 spiro atoms. The average Bonchev–Trinajstić information content (AvgIpc) is 2.58. The van der Waals surface area contributed by atoms with E-state index < -0.39 is 11.8 Å². The number of benzene rings is 2. The maximum absolute atomic E-state index is 12.4. The van der Waals surface area contributed by atoms with Crippen LogP contribution in [-0.4, -0.2) is 29.9 Å². The molecular weight excluding hydrogens is 314 g/mol. The number of ether oxygens (including phenoxy) is 2. The van der Waals surface area contributed by atoms with E-state index in [0.29, 0.717) is 13.0 Å². The van der Waals surface area contributed by atoms with Crippen LogP contribution in [0.1, 0.15) is 31.9 Å². The first-order chi connectivity index (χ1) is 11.8. The fraction of sp³-hybridized carbons (Fsp3) is 0.381. The highest BCUT2D eigenvalue weighted by Crippen LogP contribution is 2.16. The van der Waals surface area contributed by atoms with Crippen molar-refractivity contribution >= 4 is 6.09 Å². The van der Waals surface area contributed by atoms with Crippen molar-refractivity contribution in [2.75, 3.05) is 7.05 Å². The van der Waals surface area contributed by atoms with Crippen molar-refractivity contribution in [2.24, 2.45) is 0 Å². The SMILES string of the molecule is CN(C(=O)OC(C)(C)C)C(Cc1ccccc1)OCc1ccccc1. The molecule has 2 aromatic carbocycles. The van der Waals surface area contributed by atoms with Crippen LogP contribution in [0.15, 0.2) is 60.7 Å². The van der Waals surface area contributed by atoms with Gasteiger partial charge < -0.3 is 9.47 Å². The lowest BCUT2D eigenvalue weighted by atomic mass is 10.1. The van der Waals surface area contributed by atoms with E-state index in [9.17, 15) is 4.79 Å². The van der Waals surface area contributed by atoms with Crippen LogP contribution in [0, 0.1) is 0 Å². The number of nitrogens with zero attached hydrogens (tertiary/aromatic N) is 1. The second kappa shape index (κ2) is 8.67. The number of likely N-dealkylation sites (N-methyl/N-ethyl adjacent to an activating group) is 1. The molecule has 4 nitrogen and oxygen atoms in total. The van der Waals surface area contributed by atoms with E-state index in [2.05, 4.69) is 0 Å². The van der Waals surface area contributed by atoms with Crippen molar-refractivity contribution in [3.63, 3.8) is 0 Å². The maximum Gasteiger partial charge on any atom is 0.412 e. The van der Waals surface area contributed by atoms with Gasteiger partial charge in [-0.25, -0.2) is 4.79 Å². The van der Waals surface area contributed by atoms with E-state index in [0.717, 1.165) is 11.1 Å². The van der Waals surface area contributed by atoms with Crippen molar-refractivity contribution in [3.05, 3.63) is 71.8 Å². The molecule has 0 saturated carbocycles. The van der Waals surface area contributed by atoms with E-state index in [4.69, 9.17) is 9.47 Å². The van der Waals surface area contributed by atoms with E-state index in [1.165, 1.54) is 4.90 Å². The summed E-state index contributed by atoms with van der Waals surface area (Å²) in [4.78, 5) is 14.0. The van der Waals surface area contributed by atoms with Crippen molar-refractivity contribution in [2.45, 2.75) is 45.6 Å². The summed E-state index contributed by atoms with van der Waals surface area (Å²) in [5.74, 6) is 0. The van der Waals surface area contributed by atoms with Gasteiger partial charge in [-0.2, -0.15) is 0 Å². The summed E-state index contributed by atoms with van der Waals surface area (Å²) in [5, 5.41) is 0. The number of rotatable bonds is 6. The molecule has 1 amide bonds. The fourth-order valence-electron chi connectivity index (χ4n) is 2.34. The predicted molar refractivity (Wildman–Crippen MR) is 99.2 cm³/mol. The number of hydrogen-bond acceptors (Lipinski definition) is 3. The second-order valence-electron chi connectivity index (χ2n) is 7.03. The predicted octanol–water partition coefficient (Wildman–Crippen LogP) is 4.64. The van der Waals surface area contributed by atoms with Crippen molar-refractivity contribution in [3.8, 4) is 0 Å². The fourth-order valence-corrected chi connectivity index (χ4v) is 2.34. The summed E-state index contributed by atoms with van der Waals surface area (Å²) in [7, 11) is 1.71. The summed E-state index contributed by atoms with van der Waals surface area (Å²) < 4.78 is 11.5. The minimum atomic E-state index is -0.540. The van der Waals surface area contributed by atoms with Gasteiger partial charge in [0.25, 0.3) is 0 Å². The third kappa shape index (κ3) is 6.59. The second-order valence-corrected chi connectivity index (χ2v) is 7.03. The highest BCUT2D eigenvalue weighted by molar-refractivity contribution is 5.68. The summed E-state index contributed by atoms with van der Waals surface area (Å²) in [6.45, 7) is 6.01. The molecule has 1 atom stereocenters. The quantitative estimate of drug-likeness (QED) is 0.719. The number of hydrogen-bond donors (Lipinski definition) is 0. The molecule has 0 aliphatic heterocycles. The lowest BCUT2D eigenvalue weighted by Gasteiger charge is -2.31. The zero-order chi connectivity index (χ0) is 18.3.